The molecular weight excluding hydrogens is 175 g/mol. The molecule has 0 saturated carbocycles. The Bertz CT molecular complexity index is 196. The van der Waals surface area contributed by atoms with Crippen molar-refractivity contribution in [3.8, 4) is 0 Å². The highest BCUT2D eigenvalue weighted by Crippen LogP contribution is 2.40. The summed E-state index contributed by atoms with van der Waals surface area (Å²) in [6, 6.07) is 0. The van der Waals surface area contributed by atoms with Crippen molar-refractivity contribution in [1.82, 2.24) is 0 Å². The van der Waals surface area contributed by atoms with E-state index in [4.69, 9.17) is 28.3 Å². The zero-order valence-electron chi connectivity index (χ0n) is 5.10. The predicted molar refractivity (Wildman–Crippen MR) is 39.2 cm³/mol. The number of aliphatic hydroxyl groups excluding tert-OH is 1. The molecule has 1 aliphatic rings. The van der Waals surface area contributed by atoms with Gasteiger partial charge in [-0.3, -0.25) is 4.79 Å². The average molecular weight is 181 g/mol. The summed E-state index contributed by atoms with van der Waals surface area (Å²) in [6.07, 6.45) is 1.73. The van der Waals surface area contributed by atoms with E-state index in [0.29, 0.717) is 12.0 Å². The fraction of sp³-hybridized carbons (Fsp3) is 0.500. The van der Waals surface area contributed by atoms with Crippen LogP contribution in [0.3, 0.4) is 0 Å². The van der Waals surface area contributed by atoms with Gasteiger partial charge in [-0.15, -0.1) is 0 Å². The van der Waals surface area contributed by atoms with Crippen molar-refractivity contribution >= 4 is 29.0 Å². The Morgan fingerprint density at radius 2 is 2.20 bits per heavy atom. The number of alkyl halides is 2. The lowest BCUT2D eigenvalue weighted by molar-refractivity contribution is -0.116. The van der Waals surface area contributed by atoms with Gasteiger partial charge in [-0.2, -0.15) is 0 Å². The molecule has 1 aliphatic carbocycles. The van der Waals surface area contributed by atoms with E-state index in [0.717, 1.165) is 0 Å². The van der Waals surface area contributed by atoms with E-state index < -0.39 is 4.33 Å². The molecule has 0 aromatic carbocycles. The Morgan fingerprint density at radius 1 is 1.60 bits per heavy atom. The molecule has 1 N–H and O–H groups in total. The quantitative estimate of drug-likeness (QED) is 0.646. The maximum atomic E-state index is 10.6. The van der Waals surface area contributed by atoms with Crippen LogP contribution in [0.1, 0.15) is 6.42 Å². The first kappa shape index (κ1) is 8.05. The second-order valence-corrected chi connectivity index (χ2v) is 3.41. The molecule has 0 amide bonds. The second kappa shape index (κ2) is 2.53. The number of halogens is 2. The van der Waals surface area contributed by atoms with Crippen molar-refractivity contribution in [2.24, 2.45) is 0 Å². The van der Waals surface area contributed by atoms with Gasteiger partial charge in [-0.05, 0) is 18.1 Å². The average Bonchev–Trinajstić information content (AvgIpc) is 1.88. The summed E-state index contributed by atoms with van der Waals surface area (Å²) >= 11 is 11.1. The highest BCUT2D eigenvalue weighted by Gasteiger charge is 2.43. The Morgan fingerprint density at radius 3 is 2.50 bits per heavy atom. The zero-order valence-corrected chi connectivity index (χ0v) is 6.61. The lowest BCUT2D eigenvalue weighted by Crippen LogP contribution is -2.36. The van der Waals surface area contributed by atoms with Crippen molar-refractivity contribution in [3.63, 3.8) is 0 Å². The van der Waals surface area contributed by atoms with E-state index in [2.05, 4.69) is 0 Å². The predicted octanol–water partition coefficient (Wildman–Crippen LogP) is 1.05. The Hall–Kier alpha value is -0.0500. The summed E-state index contributed by atoms with van der Waals surface area (Å²) in [6.45, 7) is -0.0275. The van der Waals surface area contributed by atoms with E-state index in [1.54, 1.807) is 0 Å². The SMILES string of the molecule is O=C1C=C(CCO)C1(Cl)Cl. The molecule has 0 saturated heterocycles. The zero-order chi connectivity index (χ0) is 7.78. The number of rotatable bonds is 2. The van der Waals surface area contributed by atoms with Crippen LogP contribution in [-0.4, -0.2) is 21.8 Å². The van der Waals surface area contributed by atoms with Crippen LogP contribution >= 0.6 is 23.2 Å². The number of hydrogen-bond donors (Lipinski definition) is 1. The third kappa shape index (κ3) is 1.07. The van der Waals surface area contributed by atoms with Crippen LogP contribution in [-0.2, 0) is 4.79 Å². The van der Waals surface area contributed by atoms with Crippen molar-refractivity contribution in [3.05, 3.63) is 11.6 Å². The molecule has 0 aliphatic heterocycles. The van der Waals surface area contributed by atoms with Crippen LogP contribution in [0.5, 0.6) is 0 Å². The van der Waals surface area contributed by atoms with Gasteiger partial charge in [0.1, 0.15) is 0 Å². The highest BCUT2D eigenvalue weighted by molar-refractivity contribution is 6.64. The number of allylic oxidation sites excluding steroid dienone is 1. The van der Waals surface area contributed by atoms with Crippen molar-refractivity contribution in [2.75, 3.05) is 6.61 Å². The van der Waals surface area contributed by atoms with Crippen LogP contribution in [0.4, 0.5) is 0 Å². The van der Waals surface area contributed by atoms with Crippen LogP contribution in [0.25, 0.3) is 0 Å². The molecule has 0 spiro atoms. The van der Waals surface area contributed by atoms with Gasteiger partial charge < -0.3 is 5.11 Å². The lowest BCUT2D eigenvalue weighted by Gasteiger charge is -2.27. The molecule has 10 heavy (non-hydrogen) atoms. The second-order valence-electron chi connectivity index (χ2n) is 2.08. The standard InChI is InChI=1S/C6H6Cl2O2/c7-6(8)4(1-2-9)3-5(6)10/h3,9H,1-2H2. The van der Waals surface area contributed by atoms with Gasteiger partial charge in [-0.25, -0.2) is 0 Å². The third-order valence-corrected chi connectivity index (χ3v) is 2.26. The summed E-state index contributed by atoms with van der Waals surface area (Å²) in [5.41, 5.74) is 0.600. The van der Waals surface area contributed by atoms with Crippen molar-refractivity contribution < 1.29 is 9.90 Å². The molecule has 0 unspecified atom stereocenters. The first-order chi connectivity index (χ1) is 4.59. The van der Waals surface area contributed by atoms with Crippen LogP contribution < -0.4 is 0 Å². The Labute approximate surface area is 68.4 Å². The van der Waals surface area contributed by atoms with Gasteiger partial charge in [0.25, 0.3) is 0 Å². The first-order valence-corrected chi connectivity index (χ1v) is 3.59. The normalized spacial score (nSPS) is 21.9. The number of carbonyl (C=O) groups excluding carboxylic acids is 1. The number of carbonyl (C=O) groups is 1. The van der Waals surface area contributed by atoms with Gasteiger partial charge >= 0.3 is 0 Å². The Kier molecular flexibility index (Phi) is 2.04. The first-order valence-electron chi connectivity index (χ1n) is 2.83. The van der Waals surface area contributed by atoms with E-state index >= 15 is 0 Å². The molecule has 1 rings (SSSR count). The minimum atomic E-state index is -1.34. The number of ketones is 1. The minimum absolute atomic E-state index is 0.0275. The number of hydrogen-bond acceptors (Lipinski definition) is 2. The lowest BCUT2D eigenvalue weighted by atomic mass is 9.93. The smallest absolute Gasteiger partial charge is 0.201 e. The highest BCUT2D eigenvalue weighted by atomic mass is 35.5. The molecule has 0 fully saturated rings. The molecule has 0 atom stereocenters. The monoisotopic (exact) mass is 180 g/mol. The summed E-state index contributed by atoms with van der Waals surface area (Å²) in [5, 5.41) is 8.45. The third-order valence-electron chi connectivity index (χ3n) is 1.40. The van der Waals surface area contributed by atoms with Crippen LogP contribution in [0.2, 0.25) is 0 Å². The van der Waals surface area contributed by atoms with Gasteiger partial charge in [0, 0.05) is 6.61 Å². The van der Waals surface area contributed by atoms with Gasteiger partial charge in [0.2, 0.25) is 4.33 Å². The maximum Gasteiger partial charge on any atom is 0.201 e. The molecule has 0 bridgehead atoms. The summed E-state index contributed by atoms with van der Waals surface area (Å²) < 4.78 is -1.34. The molecular formula is C6H6Cl2O2. The van der Waals surface area contributed by atoms with Crippen LogP contribution in [0, 0.1) is 0 Å². The largest absolute Gasteiger partial charge is 0.396 e. The van der Waals surface area contributed by atoms with E-state index in [-0.39, 0.29) is 12.4 Å². The fourth-order valence-electron chi connectivity index (χ4n) is 0.770. The molecule has 4 heteroatoms. The fourth-order valence-corrected chi connectivity index (χ4v) is 1.18. The molecule has 0 radical (unpaired) electrons. The van der Waals surface area contributed by atoms with Gasteiger partial charge in [-0.1, -0.05) is 23.2 Å². The van der Waals surface area contributed by atoms with Gasteiger partial charge in [0.05, 0.1) is 0 Å². The van der Waals surface area contributed by atoms with E-state index in [1.165, 1.54) is 6.08 Å². The van der Waals surface area contributed by atoms with Crippen LogP contribution in [0.15, 0.2) is 11.6 Å². The van der Waals surface area contributed by atoms with E-state index in [1.807, 2.05) is 0 Å². The molecule has 2 nitrogen and oxygen atoms in total. The van der Waals surface area contributed by atoms with Crippen molar-refractivity contribution in [2.45, 2.75) is 10.8 Å². The van der Waals surface area contributed by atoms with Crippen molar-refractivity contribution in [1.29, 1.82) is 0 Å². The number of aliphatic hydroxyl groups is 1. The maximum absolute atomic E-state index is 10.6. The summed E-state index contributed by atoms with van der Waals surface area (Å²) in [7, 11) is 0. The molecule has 0 aromatic rings. The van der Waals surface area contributed by atoms with Gasteiger partial charge in [0.15, 0.2) is 5.78 Å². The summed E-state index contributed by atoms with van der Waals surface area (Å²) in [4.78, 5) is 10.6. The van der Waals surface area contributed by atoms with E-state index in [9.17, 15) is 4.79 Å². The topological polar surface area (TPSA) is 37.3 Å². The summed E-state index contributed by atoms with van der Waals surface area (Å²) in [5.74, 6) is -0.292. The molecule has 56 valence electrons. The minimum Gasteiger partial charge on any atom is -0.396 e. The Balaban J connectivity index is 2.66. The molecule has 0 aromatic heterocycles. The molecule has 0 heterocycles.